The maximum Gasteiger partial charge on any atom is 0.211 e. The molecule has 9 rings (SSSR count). The second-order valence-electron chi connectivity index (χ2n) is 13.3. The Morgan fingerprint density at radius 1 is 0.327 bits per heavy atom. The molecule has 55 heavy (non-hydrogen) atoms. The molecule has 0 aliphatic carbocycles. The van der Waals surface area contributed by atoms with E-state index >= 15 is 0 Å². The molecule has 9 aromatic rings. The van der Waals surface area contributed by atoms with Crippen molar-refractivity contribution in [3.63, 3.8) is 0 Å². The van der Waals surface area contributed by atoms with Gasteiger partial charge in [0.2, 0.25) is 16.9 Å². The van der Waals surface area contributed by atoms with Gasteiger partial charge in [-0.05, 0) is 99.1 Å². The van der Waals surface area contributed by atoms with E-state index in [0.717, 1.165) is 83.7 Å². The zero-order valence-corrected chi connectivity index (χ0v) is 31.4. The van der Waals surface area contributed by atoms with Gasteiger partial charge in [0.25, 0.3) is 0 Å². The van der Waals surface area contributed by atoms with Crippen LogP contribution in [0.15, 0.2) is 200 Å². The molecule has 7 aromatic carbocycles. The first-order valence-electron chi connectivity index (χ1n) is 17.9. The number of hydrogen-bond acceptors (Lipinski definition) is 1. The first kappa shape index (κ1) is 36.8. The Morgan fingerprint density at radius 3 is 1.49 bits per heavy atom. The summed E-state index contributed by atoms with van der Waals surface area (Å²) in [6, 6.07) is 67.3. The van der Waals surface area contributed by atoms with Crippen molar-refractivity contribution in [2.45, 2.75) is 0 Å². The number of aromatic amines is 2. The summed E-state index contributed by atoms with van der Waals surface area (Å²) in [6.45, 7) is 0. The Bertz CT molecular complexity index is 2730. The number of para-hydroxylation sites is 1. The predicted octanol–water partition coefficient (Wildman–Crippen LogP) is 12.7. The molecule has 0 unspecified atom stereocenters. The molecule has 0 bridgehead atoms. The standard InChI is InChI=1S/C50H34N2O.2ClH/c53-41-30-39(43-19-9-8-18-42(43)35-23-25-38(26-24-35)49-28-27-37-17-7-12-22-48(37)52-49)29-40(31-41)44-20-10-11-21-45(44)47-33-51-50(36-15-5-2-6-16-36)32-46(47)34-13-3-1-4-14-34;;/h1-33,53H;2*1H/p+2. The molecule has 2 aromatic heterocycles. The molecule has 0 spiro atoms. The lowest BCUT2D eigenvalue weighted by Crippen LogP contribution is -2.08. The second kappa shape index (κ2) is 16.2. The highest BCUT2D eigenvalue weighted by Crippen LogP contribution is 2.42. The summed E-state index contributed by atoms with van der Waals surface area (Å²) in [6.07, 6.45) is 2.11. The van der Waals surface area contributed by atoms with E-state index in [1.165, 1.54) is 5.39 Å². The number of aromatic hydroxyl groups is 1. The highest BCUT2D eigenvalue weighted by Gasteiger charge is 2.19. The summed E-state index contributed by atoms with van der Waals surface area (Å²) in [5.41, 5.74) is 16.1. The van der Waals surface area contributed by atoms with Gasteiger partial charge < -0.3 is 5.11 Å². The van der Waals surface area contributed by atoms with Gasteiger partial charge >= 0.3 is 0 Å². The summed E-state index contributed by atoms with van der Waals surface area (Å²) in [7, 11) is 0. The molecule has 3 N–H and O–H groups in total. The molecule has 0 radical (unpaired) electrons. The summed E-state index contributed by atoms with van der Waals surface area (Å²) in [4.78, 5) is 7.16. The van der Waals surface area contributed by atoms with Crippen molar-refractivity contribution in [2.24, 2.45) is 0 Å². The molecular formula is C50H38Cl2N2O+2. The Balaban J connectivity index is 0.00000233. The topological polar surface area (TPSA) is 48.5 Å². The van der Waals surface area contributed by atoms with Crippen molar-refractivity contribution in [3.8, 4) is 83.9 Å². The fourth-order valence-electron chi connectivity index (χ4n) is 7.35. The van der Waals surface area contributed by atoms with Crippen LogP contribution in [0.2, 0.25) is 0 Å². The number of hydrogen-bond donors (Lipinski definition) is 1. The Labute approximate surface area is 333 Å². The monoisotopic (exact) mass is 752 g/mol. The second-order valence-corrected chi connectivity index (χ2v) is 13.3. The first-order valence-corrected chi connectivity index (χ1v) is 17.9. The molecule has 0 atom stereocenters. The minimum Gasteiger partial charge on any atom is -0.508 e. The van der Waals surface area contributed by atoms with Crippen LogP contribution in [0.25, 0.3) is 89.1 Å². The normalized spacial score (nSPS) is 10.7. The number of H-pyrrole nitrogens is 2. The zero-order chi connectivity index (χ0) is 35.6. The number of nitrogens with one attached hydrogen (secondary N) is 2. The van der Waals surface area contributed by atoms with Crippen LogP contribution in [0.3, 0.4) is 0 Å². The number of halogens is 2. The number of benzene rings is 7. The SMILES string of the molecule is Cl.Cl.Oc1cc(-c2ccccc2-c2ccc(-c3ccc4ccccc4[nH+]3)cc2)cc(-c2ccccc2-c2c[nH+]c(-c3ccccc3)cc2-c2ccccc2)c1. The van der Waals surface area contributed by atoms with Gasteiger partial charge in [-0.25, -0.2) is 9.97 Å². The van der Waals surface area contributed by atoms with Crippen molar-refractivity contribution in [1.82, 2.24) is 0 Å². The summed E-state index contributed by atoms with van der Waals surface area (Å²) >= 11 is 0. The van der Waals surface area contributed by atoms with Crippen LogP contribution in [0, 0.1) is 0 Å². The molecule has 0 saturated carbocycles. The fourth-order valence-corrected chi connectivity index (χ4v) is 7.35. The van der Waals surface area contributed by atoms with E-state index in [0.29, 0.717) is 0 Å². The van der Waals surface area contributed by atoms with Crippen LogP contribution < -0.4 is 9.97 Å². The van der Waals surface area contributed by atoms with E-state index in [4.69, 9.17) is 0 Å². The van der Waals surface area contributed by atoms with Crippen molar-refractivity contribution >= 4 is 35.7 Å². The van der Waals surface area contributed by atoms with Gasteiger partial charge in [0.05, 0.1) is 5.56 Å². The zero-order valence-electron chi connectivity index (χ0n) is 29.8. The molecule has 0 fully saturated rings. The van der Waals surface area contributed by atoms with Crippen molar-refractivity contribution in [2.75, 3.05) is 0 Å². The van der Waals surface area contributed by atoms with Gasteiger partial charge in [-0.2, -0.15) is 0 Å². The molecule has 3 nitrogen and oxygen atoms in total. The number of fused-ring (bicyclic) bond motifs is 1. The lowest BCUT2D eigenvalue weighted by Gasteiger charge is -2.16. The van der Waals surface area contributed by atoms with Crippen LogP contribution in [-0.4, -0.2) is 5.11 Å². The average molecular weight is 754 g/mol. The number of rotatable bonds is 7. The number of phenolic OH excluding ortho intramolecular Hbond substituents is 1. The van der Waals surface area contributed by atoms with Crippen molar-refractivity contribution in [1.29, 1.82) is 0 Å². The molecule has 266 valence electrons. The smallest absolute Gasteiger partial charge is 0.211 e. The van der Waals surface area contributed by atoms with Crippen LogP contribution in [0.1, 0.15) is 0 Å². The lowest BCUT2D eigenvalue weighted by molar-refractivity contribution is -0.363. The van der Waals surface area contributed by atoms with E-state index in [2.05, 4.69) is 186 Å². The maximum atomic E-state index is 11.3. The minimum atomic E-state index is 0. The Morgan fingerprint density at radius 2 is 0.818 bits per heavy atom. The largest absolute Gasteiger partial charge is 0.508 e. The third-order valence-corrected chi connectivity index (χ3v) is 9.97. The van der Waals surface area contributed by atoms with Gasteiger partial charge in [-0.15, -0.1) is 24.8 Å². The number of aromatic nitrogens is 2. The molecule has 0 aliphatic rings. The van der Waals surface area contributed by atoms with Gasteiger partial charge in [0, 0.05) is 40.3 Å². The van der Waals surface area contributed by atoms with Crippen LogP contribution in [0.4, 0.5) is 0 Å². The lowest BCUT2D eigenvalue weighted by atomic mass is 9.88. The third kappa shape index (κ3) is 7.49. The van der Waals surface area contributed by atoms with Gasteiger partial charge in [0.1, 0.15) is 5.75 Å². The van der Waals surface area contributed by atoms with Crippen molar-refractivity contribution < 1.29 is 15.1 Å². The maximum absolute atomic E-state index is 11.3. The average Bonchev–Trinajstić information content (AvgIpc) is 3.24. The van der Waals surface area contributed by atoms with E-state index in [9.17, 15) is 5.11 Å². The molecule has 0 aliphatic heterocycles. The van der Waals surface area contributed by atoms with E-state index < -0.39 is 0 Å². The van der Waals surface area contributed by atoms with Gasteiger partial charge in [0.15, 0.2) is 6.20 Å². The fraction of sp³-hybridized carbons (Fsp3) is 0. The van der Waals surface area contributed by atoms with Gasteiger partial charge in [-0.3, -0.25) is 0 Å². The number of pyridine rings is 2. The van der Waals surface area contributed by atoms with Gasteiger partial charge in [-0.1, -0.05) is 121 Å². The minimum absolute atomic E-state index is 0. The molecule has 2 heterocycles. The van der Waals surface area contributed by atoms with Crippen LogP contribution >= 0.6 is 24.8 Å². The third-order valence-electron chi connectivity index (χ3n) is 9.97. The van der Waals surface area contributed by atoms with Crippen molar-refractivity contribution in [3.05, 3.63) is 200 Å². The quantitative estimate of drug-likeness (QED) is 0.173. The number of phenols is 1. The summed E-state index contributed by atoms with van der Waals surface area (Å²) in [5.74, 6) is 0.221. The molecule has 0 saturated heterocycles. The summed E-state index contributed by atoms with van der Waals surface area (Å²) in [5, 5.41) is 12.4. The molecule has 0 amide bonds. The Kier molecular flexibility index (Phi) is 10.9. The predicted molar refractivity (Wildman–Crippen MR) is 231 cm³/mol. The first-order chi connectivity index (χ1) is 26.2. The molecular weight excluding hydrogens is 715 g/mol. The van der Waals surface area contributed by atoms with E-state index in [1.54, 1.807) is 0 Å². The highest BCUT2D eigenvalue weighted by molar-refractivity contribution is 5.94. The molecule has 5 heteroatoms. The highest BCUT2D eigenvalue weighted by atomic mass is 35.5. The van der Waals surface area contributed by atoms with Crippen LogP contribution in [-0.2, 0) is 0 Å². The van der Waals surface area contributed by atoms with Crippen LogP contribution in [0.5, 0.6) is 5.75 Å². The summed E-state index contributed by atoms with van der Waals surface area (Å²) < 4.78 is 0. The van der Waals surface area contributed by atoms with E-state index in [-0.39, 0.29) is 30.6 Å². The Hall–Kier alpha value is -6.52. The van der Waals surface area contributed by atoms with E-state index in [1.807, 2.05) is 24.3 Å².